The number of amides is 1. The number of pyridine rings is 1. The van der Waals surface area contributed by atoms with Crippen molar-refractivity contribution in [2.45, 2.75) is 39.2 Å². The molecule has 0 atom stereocenters. The van der Waals surface area contributed by atoms with Crippen molar-refractivity contribution >= 4 is 5.91 Å². The minimum Gasteiger partial charge on any atom is -0.445 e. The van der Waals surface area contributed by atoms with E-state index in [9.17, 15) is 9.59 Å². The molecule has 0 aliphatic carbocycles. The molecule has 6 heteroatoms. The molecule has 6 nitrogen and oxygen atoms in total. The van der Waals surface area contributed by atoms with Gasteiger partial charge in [-0.2, -0.15) is 0 Å². The Morgan fingerprint density at radius 2 is 2.00 bits per heavy atom. The molecule has 1 aliphatic rings. The maximum Gasteiger partial charge on any atom is 0.255 e. The van der Waals surface area contributed by atoms with E-state index in [0.29, 0.717) is 37.2 Å². The van der Waals surface area contributed by atoms with Gasteiger partial charge in [0.15, 0.2) is 5.89 Å². The molecule has 1 aromatic carbocycles. The average Bonchev–Trinajstić information content (AvgIpc) is 3.14. The number of oxazole rings is 1. The second-order valence-corrected chi connectivity index (χ2v) is 7.01. The number of carbonyl (C=O) groups excluding carboxylic acids is 1. The number of rotatable bonds is 5. The van der Waals surface area contributed by atoms with Crippen LogP contribution in [0.4, 0.5) is 0 Å². The lowest BCUT2D eigenvalue weighted by Gasteiger charge is -2.26. The summed E-state index contributed by atoms with van der Waals surface area (Å²) >= 11 is 0. The predicted octanol–water partition coefficient (Wildman–Crippen LogP) is 2.91. The van der Waals surface area contributed by atoms with Crippen LogP contribution < -0.4 is 5.56 Å². The van der Waals surface area contributed by atoms with E-state index in [4.69, 9.17) is 4.42 Å². The van der Waals surface area contributed by atoms with Crippen molar-refractivity contribution in [1.29, 1.82) is 0 Å². The number of aryl methyl sites for hydroxylation is 3. The SMILES string of the molecule is CCc1[nH]c(=O)ccc1C(=O)N1CCc2oc(CCc3ccccc3)nc2C1. The van der Waals surface area contributed by atoms with Gasteiger partial charge < -0.3 is 14.3 Å². The van der Waals surface area contributed by atoms with Gasteiger partial charge in [0.25, 0.3) is 5.91 Å². The topological polar surface area (TPSA) is 79.2 Å². The summed E-state index contributed by atoms with van der Waals surface area (Å²) in [6.07, 6.45) is 2.87. The van der Waals surface area contributed by atoms with Gasteiger partial charge in [-0.15, -0.1) is 0 Å². The minimum atomic E-state index is -0.186. The molecule has 28 heavy (non-hydrogen) atoms. The quantitative estimate of drug-likeness (QED) is 0.741. The molecule has 0 radical (unpaired) electrons. The lowest BCUT2D eigenvalue weighted by molar-refractivity contribution is 0.0726. The fourth-order valence-electron chi connectivity index (χ4n) is 3.60. The number of aromatic nitrogens is 2. The fraction of sp³-hybridized carbons (Fsp3) is 0.318. The maximum absolute atomic E-state index is 13.0. The molecular weight excluding hydrogens is 354 g/mol. The van der Waals surface area contributed by atoms with Gasteiger partial charge in [0.2, 0.25) is 5.56 Å². The van der Waals surface area contributed by atoms with Crippen molar-refractivity contribution in [3.05, 3.63) is 87.0 Å². The van der Waals surface area contributed by atoms with Gasteiger partial charge in [-0.1, -0.05) is 37.3 Å². The maximum atomic E-state index is 13.0. The third-order valence-corrected chi connectivity index (χ3v) is 5.11. The van der Waals surface area contributed by atoms with Gasteiger partial charge in [-0.25, -0.2) is 4.98 Å². The number of nitrogens with one attached hydrogen (secondary N) is 1. The van der Waals surface area contributed by atoms with E-state index < -0.39 is 0 Å². The lowest BCUT2D eigenvalue weighted by atomic mass is 10.1. The van der Waals surface area contributed by atoms with Crippen LogP contribution in [-0.2, 0) is 32.2 Å². The Kier molecular flexibility index (Phi) is 5.10. The standard InChI is InChI=1S/C22H23N3O3/c1-2-17-16(9-10-20(26)23-17)22(27)25-13-12-19-18(14-25)24-21(28-19)11-8-15-6-4-3-5-7-15/h3-7,9-10H,2,8,11-14H2,1H3,(H,23,26). The van der Waals surface area contributed by atoms with Crippen LogP contribution in [0.5, 0.6) is 0 Å². The molecule has 0 unspecified atom stereocenters. The van der Waals surface area contributed by atoms with E-state index in [-0.39, 0.29) is 11.5 Å². The first kappa shape index (κ1) is 18.2. The van der Waals surface area contributed by atoms with Gasteiger partial charge in [-0.05, 0) is 24.5 Å². The molecule has 1 aliphatic heterocycles. The number of benzene rings is 1. The van der Waals surface area contributed by atoms with Gasteiger partial charge in [0.05, 0.1) is 12.1 Å². The van der Waals surface area contributed by atoms with Crippen molar-refractivity contribution < 1.29 is 9.21 Å². The Bertz CT molecular complexity index is 1040. The van der Waals surface area contributed by atoms with Crippen LogP contribution in [0.2, 0.25) is 0 Å². The van der Waals surface area contributed by atoms with E-state index in [0.717, 1.165) is 30.2 Å². The first-order chi connectivity index (χ1) is 13.6. The molecule has 1 amide bonds. The Morgan fingerprint density at radius 3 is 2.79 bits per heavy atom. The summed E-state index contributed by atoms with van der Waals surface area (Å²) in [5, 5.41) is 0. The highest BCUT2D eigenvalue weighted by Gasteiger charge is 2.27. The molecule has 3 aromatic rings. The molecule has 0 saturated carbocycles. The van der Waals surface area contributed by atoms with E-state index in [2.05, 4.69) is 22.1 Å². The molecule has 0 spiro atoms. The highest BCUT2D eigenvalue weighted by Crippen LogP contribution is 2.22. The second-order valence-electron chi connectivity index (χ2n) is 7.01. The van der Waals surface area contributed by atoms with Crippen LogP contribution in [0, 0.1) is 0 Å². The van der Waals surface area contributed by atoms with E-state index in [1.165, 1.54) is 11.6 Å². The van der Waals surface area contributed by atoms with Crippen molar-refractivity contribution in [1.82, 2.24) is 14.9 Å². The first-order valence-corrected chi connectivity index (χ1v) is 9.67. The Hall–Kier alpha value is -3.15. The summed E-state index contributed by atoms with van der Waals surface area (Å²) in [4.78, 5) is 33.7. The summed E-state index contributed by atoms with van der Waals surface area (Å²) < 4.78 is 5.93. The minimum absolute atomic E-state index is 0.0763. The molecule has 4 rings (SSSR count). The second kappa shape index (κ2) is 7.84. The predicted molar refractivity (Wildman–Crippen MR) is 105 cm³/mol. The van der Waals surface area contributed by atoms with Crippen molar-refractivity contribution in [3.8, 4) is 0 Å². The lowest BCUT2D eigenvalue weighted by Crippen LogP contribution is -2.36. The molecule has 0 saturated heterocycles. The summed E-state index contributed by atoms with van der Waals surface area (Å²) in [6, 6.07) is 13.3. The zero-order valence-corrected chi connectivity index (χ0v) is 15.9. The van der Waals surface area contributed by atoms with Gasteiger partial charge in [-0.3, -0.25) is 9.59 Å². The third-order valence-electron chi connectivity index (χ3n) is 5.11. The summed E-state index contributed by atoms with van der Waals surface area (Å²) in [5.41, 5.74) is 3.13. The Balaban J connectivity index is 1.47. The zero-order chi connectivity index (χ0) is 19.5. The van der Waals surface area contributed by atoms with Crippen LogP contribution in [-0.4, -0.2) is 27.3 Å². The van der Waals surface area contributed by atoms with Crippen molar-refractivity contribution in [2.75, 3.05) is 6.54 Å². The normalized spacial score (nSPS) is 13.4. The third kappa shape index (κ3) is 3.76. The molecule has 0 bridgehead atoms. The van der Waals surface area contributed by atoms with Crippen LogP contribution in [0.15, 0.2) is 51.7 Å². The van der Waals surface area contributed by atoms with Gasteiger partial charge >= 0.3 is 0 Å². The molecule has 0 fully saturated rings. The van der Waals surface area contributed by atoms with Gasteiger partial charge in [0, 0.05) is 31.1 Å². The summed E-state index contributed by atoms with van der Waals surface area (Å²) in [7, 11) is 0. The summed E-state index contributed by atoms with van der Waals surface area (Å²) in [5.74, 6) is 1.53. The van der Waals surface area contributed by atoms with Crippen LogP contribution in [0.25, 0.3) is 0 Å². The zero-order valence-electron chi connectivity index (χ0n) is 15.9. The monoisotopic (exact) mass is 377 g/mol. The smallest absolute Gasteiger partial charge is 0.255 e. The number of aromatic amines is 1. The molecule has 3 heterocycles. The number of nitrogens with zero attached hydrogens (tertiary/aromatic N) is 2. The van der Waals surface area contributed by atoms with Crippen LogP contribution in [0.3, 0.4) is 0 Å². The molecule has 2 aromatic heterocycles. The Labute approximate surface area is 163 Å². The fourth-order valence-corrected chi connectivity index (χ4v) is 3.60. The van der Waals surface area contributed by atoms with E-state index in [1.807, 2.05) is 25.1 Å². The Morgan fingerprint density at radius 1 is 1.18 bits per heavy atom. The molecular formula is C22H23N3O3. The van der Waals surface area contributed by atoms with Crippen LogP contribution in [0.1, 0.15) is 45.9 Å². The highest BCUT2D eigenvalue weighted by atomic mass is 16.4. The highest BCUT2D eigenvalue weighted by molar-refractivity contribution is 5.95. The van der Waals surface area contributed by atoms with Crippen LogP contribution >= 0.6 is 0 Å². The van der Waals surface area contributed by atoms with Gasteiger partial charge in [0.1, 0.15) is 11.5 Å². The van der Waals surface area contributed by atoms with Crippen molar-refractivity contribution in [3.63, 3.8) is 0 Å². The molecule has 144 valence electrons. The number of fused-ring (bicyclic) bond motifs is 1. The number of hydrogen-bond acceptors (Lipinski definition) is 4. The number of H-pyrrole nitrogens is 1. The number of hydrogen-bond donors (Lipinski definition) is 1. The number of carbonyl (C=O) groups is 1. The summed E-state index contributed by atoms with van der Waals surface area (Å²) in [6.45, 7) is 2.94. The molecule has 1 N–H and O–H groups in total. The largest absolute Gasteiger partial charge is 0.445 e. The van der Waals surface area contributed by atoms with E-state index >= 15 is 0 Å². The van der Waals surface area contributed by atoms with E-state index in [1.54, 1.807) is 11.0 Å². The average molecular weight is 377 g/mol. The van der Waals surface area contributed by atoms with Crippen molar-refractivity contribution in [2.24, 2.45) is 0 Å². The first-order valence-electron chi connectivity index (χ1n) is 9.67.